The van der Waals surface area contributed by atoms with Crippen molar-refractivity contribution < 1.29 is 4.74 Å². The maximum atomic E-state index is 5.78. The molecule has 1 unspecified atom stereocenters. The number of benzene rings is 1. The van der Waals surface area contributed by atoms with Gasteiger partial charge >= 0.3 is 0 Å². The molecule has 0 saturated carbocycles. The summed E-state index contributed by atoms with van der Waals surface area (Å²) in [6, 6.07) is 8.49. The molecular formula is C14H23NO. The third-order valence-electron chi connectivity index (χ3n) is 3.18. The van der Waals surface area contributed by atoms with E-state index in [0.717, 1.165) is 5.56 Å². The standard InChI is InChI=1S/C14H23NO/c1-13(2,3)11-7-6-8-12(9-11)14(4,10-15)16-5/h6-9H,10,15H2,1-5H3. The van der Waals surface area contributed by atoms with E-state index in [4.69, 9.17) is 10.5 Å². The fourth-order valence-corrected chi connectivity index (χ4v) is 1.63. The van der Waals surface area contributed by atoms with Crippen molar-refractivity contribution >= 4 is 0 Å². The predicted octanol–water partition coefficient (Wildman–Crippen LogP) is 2.80. The van der Waals surface area contributed by atoms with Crippen molar-refractivity contribution in [2.24, 2.45) is 5.73 Å². The Labute approximate surface area is 98.8 Å². The molecule has 0 heterocycles. The van der Waals surface area contributed by atoms with Crippen LogP contribution in [-0.2, 0) is 15.8 Å². The fraction of sp³-hybridized carbons (Fsp3) is 0.571. The summed E-state index contributed by atoms with van der Waals surface area (Å²) in [4.78, 5) is 0. The van der Waals surface area contributed by atoms with Gasteiger partial charge in [0.2, 0.25) is 0 Å². The Balaban J connectivity index is 3.17. The summed E-state index contributed by atoms with van der Waals surface area (Å²) in [5, 5.41) is 0. The van der Waals surface area contributed by atoms with Crippen LogP contribution in [0.15, 0.2) is 24.3 Å². The van der Waals surface area contributed by atoms with Crippen LogP contribution in [-0.4, -0.2) is 13.7 Å². The van der Waals surface area contributed by atoms with E-state index in [1.165, 1.54) is 5.56 Å². The summed E-state index contributed by atoms with van der Waals surface area (Å²) in [5.41, 5.74) is 8.00. The Morgan fingerprint density at radius 1 is 1.12 bits per heavy atom. The molecule has 0 amide bonds. The van der Waals surface area contributed by atoms with Gasteiger partial charge in [-0.05, 0) is 23.5 Å². The van der Waals surface area contributed by atoms with E-state index in [0.29, 0.717) is 6.54 Å². The van der Waals surface area contributed by atoms with Crippen LogP contribution >= 0.6 is 0 Å². The summed E-state index contributed by atoms with van der Waals surface area (Å²) in [6.45, 7) is 9.13. The molecule has 0 aliphatic heterocycles. The molecule has 0 spiro atoms. The Hall–Kier alpha value is -0.860. The van der Waals surface area contributed by atoms with Crippen molar-refractivity contribution in [2.45, 2.75) is 38.7 Å². The van der Waals surface area contributed by atoms with Gasteiger partial charge in [-0.25, -0.2) is 0 Å². The SMILES string of the molecule is COC(C)(CN)c1cccc(C(C)(C)C)c1. The normalized spacial score (nSPS) is 15.9. The largest absolute Gasteiger partial charge is 0.372 e. The molecular weight excluding hydrogens is 198 g/mol. The van der Waals surface area contributed by atoms with Crippen molar-refractivity contribution in [3.63, 3.8) is 0 Å². The number of hydrogen-bond donors (Lipinski definition) is 1. The van der Waals surface area contributed by atoms with Crippen LogP contribution in [0, 0.1) is 0 Å². The monoisotopic (exact) mass is 221 g/mol. The van der Waals surface area contributed by atoms with E-state index in [1.807, 2.05) is 6.92 Å². The lowest BCUT2D eigenvalue weighted by molar-refractivity contribution is 0.00998. The Morgan fingerprint density at radius 3 is 2.12 bits per heavy atom. The zero-order chi connectivity index (χ0) is 12.4. The average Bonchev–Trinajstić information content (AvgIpc) is 2.27. The second kappa shape index (κ2) is 4.56. The van der Waals surface area contributed by atoms with Crippen LogP contribution in [0.25, 0.3) is 0 Å². The van der Waals surface area contributed by atoms with Gasteiger partial charge in [-0.3, -0.25) is 0 Å². The quantitative estimate of drug-likeness (QED) is 0.852. The maximum absolute atomic E-state index is 5.78. The molecule has 0 saturated heterocycles. The van der Waals surface area contributed by atoms with Crippen LogP contribution in [0.5, 0.6) is 0 Å². The molecule has 0 bridgehead atoms. The van der Waals surface area contributed by atoms with Crippen LogP contribution in [0.1, 0.15) is 38.8 Å². The lowest BCUT2D eigenvalue weighted by Crippen LogP contribution is -2.34. The van der Waals surface area contributed by atoms with Gasteiger partial charge in [0.1, 0.15) is 5.60 Å². The number of ether oxygens (including phenoxy) is 1. The van der Waals surface area contributed by atoms with Gasteiger partial charge in [-0.15, -0.1) is 0 Å². The molecule has 90 valence electrons. The lowest BCUT2D eigenvalue weighted by Gasteiger charge is -2.29. The minimum atomic E-state index is -0.388. The minimum absolute atomic E-state index is 0.152. The van der Waals surface area contributed by atoms with Crippen LogP contribution in [0.4, 0.5) is 0 Å². The summed E-state index contributed by atoms with van der Waals surface area (Å²) < 4.78 is 5.52. The summed E-state index contributed by atoms with van der Waals surface area (Å²) in [5.74, 6) is 0. The van der Waals surface area contributed by atoms with Crippen LogP contribution in [0.3, 0.4) is 0 Å². The zero-order valence-corrected chi connectivity index (χ0v) is 11.0. The fourth-order valence-electron chi connectivity index (χ4n) is 1.63. The van der Waals surface area contributed by atoms with Crippen molar-refractivity contribution in [3.05, 3.63) is 35.4 Å². The van der Waals surface area contributed by atoms with Crippen molar-refractivity contribution in [1.29, 1.82) is 0 Å². The molecule has 1 atom stereocenters. The molecule has 2 N–H and O–H groups in total. The molecule has 0 aliphatic carbocycles. The molecule has 1 aromatic carbocycles. The van der Waals surface area contributed by atoms with Gasteiger partial charge in [0, 0.05) is 13.7 Å². The van der Waals surface area contributed by atoms with Gasteiger partial charge in [0.05, 0.1) is 0 Å². The minimum Gasteiger partial charge on any atom is -0.372 e. The molecule has 16 heavy (non-hydrogen) atoms. The third kappa shape index (κ3) is 2.63. The van der Waals surface area contributed by atoms with Gasteiger partial charge in [0.15, 0.2) is 0 Å². The third-order valence-corrected chi connectivity index (χ3v) is 3.18. The molecule has 0 aromatic heterocycles. The Morgan fingerprint density at radius 2 is 1.69 bits per heavy atom. The van der Waals surface area contributed by atoms with Crippen molar-refractivity contribution in [2.75, 3.05) is 13.7 Å². The molecule has 0 fully saturated rings. The molecule has 0 aliphatic rings. The highest BCUT2D eigenvalue weighted by molar-refractivity contribution is 5.32. The van der Waals surface area contributed by atoms with Crippen molar-refractivity contribution in [1.82, 2.24) is 0 Å². The van der Waals surface area contributed by atoms with E-state index in [-0.39, 0.29) is 11.0 Å². The predicted molar refractivity (Wildman–Crippen MR) is 68.6 cm³/mol. The molecule has 2 heteroatoms. The zero-order valence-electron chi connectivity index (χ0n) is 11.0. The topological polar surface area (TPSA) is 35.2 Å². The first-order valence-corrected chi connectivity index (χ1v) is 5.70. The highest BCUT2D eigenvalue weighted by Gasteiger charge is 2.25. The average molecular weight is 221 g/mol. The highest BCUT2D eigenvalue weighted by atomic mass is 16.5. The van der Waals surface area contributed by atoms with Crippen molar-refractivity contribution in [3.8, 4) is 0 Å². The Kier molecular flexibility index (Phi) is 3.76. The van der Waals surface area contributed by atoms with Crippen LogP contribution in [0.2, 0.25) is 0 Å². The molecule has 1 rings (SSSR count). The van der Waals surface area contributed by atoms with E-state index in [2.05, 4.69) is 45.0 Å². The summed E-state index contributed by atoms with van der Waals surface area (Å²) in [6.07, 6.45) is 0. The number of methoxy groups -OCH3 is 1. The van der Waals surface area contributed by atoms with E-state index in [1.54, 1.807) is 7.11 Å². The van der Waals surface area contributed by atoms with E-state index in [9.17, 15) is 0 Å². The number of rotatable bonds is 3. The van der Waals surface area contributed by atoms with Gasteiger partial charge in [-0.1, -0.05) is 45.0 Å². The highest BCUT2D eigenvalue weighted by Crippen LogP contribution is 2.28. The summed E-state index contributed by atoms with van der Waals surface area (Å²) in [7, 11) is 1.70. The molecule has 1 aromatic rings. The van der Waals surface area contributed by atoms with Gasteiger partial charge in [0.25, 0.3) is 0 Å². The second-order valence-electron chi connectivity index (χ2n) is 5.47. The first-order valence-electron chi connectivity index (χ1n) is 5.70. The van der Waals surface area contributed by atoms with Gasteiger partial charge in [-0.2, -0.15) is 0 Å². The Bertz CT molecular complexity index is 348. The first-order chi connectivity index (χ1) is 7.33. The van der Waals surface area contributed by atoms with Crippen LogP contribution < -0.4 is 5.73 Å². The number of hydrogen-bond acceptors (Lipinski definition) is 2. The molecule has 2 nitrogen and oxygen atoms in total. The second-order valence-corrected chi connectivity index (χ2v) is 5.47. The smallest absolute Gasteiger partial charge is 0.102 e. The number of nitrogens with two attached hydrogens (primary N) is 1. The van der Waals surface area contributed by atoms with E-state index < -0.39 is 0 Å². The summed E-state index contributed by atoms with van der Waals surface area (Å²) >= 11 is 0. The first kappa shape index (κ1) is 13.2. The lowest BCUT2D eigenvalue weighted by atomic mass is 9.84. The maximum Gasteiger partial charge on any atom is 0.102 e. The molecule has 0 radical (unpaired) electrons. The van der Waals surface area contributed by atoms with Gasteiger partial charge < -0.3 is 10.5 Å². The van der Waals surface area contributed by atoms with E-state index >= 15 is 0 Å².